The third-order valence-corrected chi connectivity index (χ3v) is 6.15. The lowest BCUT2D eigenvalue weighted by molar-refractivity contribution is -0.141. The standard InChI is InChI=1S/C21H19F5O3/c22-15-5-6-16(23)18-17(15)19(8-7-14(27)10-20(19,28)11-29-18)9-12-1-3-13(4-2-12)21(24,25)26/h1-6,14,27-28H,7-11H2/t14-,19?,20+/m0/s1. The van der Waals surface area contributed by atoms with E-state index in [4.69, 9.17) is 4.74 Å². The van der Waals surface area contributed by atoms with Crippen molar-refractivity contribution in [1.82, 2.24) is 0 Å². The molecule has 1 saturated carbocycles. The molecule has 0 radical (unpaired) electrons. The third-order valence-electron chi connectivity index (χ3n) is 6.15. The molecule has 0 bridgehead atoms. The zero-order valence-corrected chi connectivity index (χ0v) is 15.3. The van der Waals surface area contributed by atoms with Gasteiger partial charge >= 0.3 is 6.18 Å². The fourth-order valence-electron chi connectivity index (χ4n) is 4.70. The molecule has 0 spiro atoms. The average molecular weight is 414 g/mol. The third kappa shape index (κ3) is 3.18. The maximum absolute atomic E-state index is 14.9. The van der Waals surface area contributed by atoms with Gasteiger partial charge in [0.1, 0.15) is 18.0 Å². The summed E-state index contributed by atoms with van der Waals surface area (Å²) < 4.78 is 73.2. The summed E-state index contributed by atoms with van der Waals surface area (Å²) in [5.41, 5.74) is -3.55. The minimum absolute atomic E-state index is 0.0227. The molecule has 1 unspecified atom stereocenters. The molecule has 1 aliphatic heterocycles. The molecule has 8 heteroatoms. The van der Waals surface area contributed by atoms with Crippen molar-refractivity contribution in [3.63, 3.8) is 0 Å². The largest absolute Gasteiger partial charge is 0.487 e. The first-order valence-electron chi connectivity index (χ1n) is 9.24. The predicted octanol–water partition coefficient (Wildman–Crippen LogP) is 4.13. The van der Waals surface area contributed by atoms with Crippen molar-refractivity contribution in [2.75, 3.05) is 6.61 Å². The van der Waals surface area contributed by atoms with E-state index in [0.717, 1.165) is 24.3 Å². The number of aliphatic hydroxyl groups excluding tert-OH is 1. The highest BCUT2D eigenvalue weighted by Crippen LogP contribution is 2.55. The molecule has 0 amide bonds. The van der Waals surface area contributed by atoms with Crippen molar-refractivity contribution in [3.05, 3.63) is 64.7 Å². The first-order valence-corrected chi connectivity index (χ1v) is 9.24. The molecule has 0 aromatic heterocycles. The van der Waals surface area contributed by atoms with Crippen molar-refractivity contribution >= 4 is 0 Å². The maximum Gasteiger partial charge on any atom is 0.416 e. The average Bonchev–Trinajstić information content (AvgIpc) is 2.64. The Hall–Kier alpha value is -2.19. The van der Waals surface area contributed by atoms with Gasteiger partial charge in [0.15, 0.2) is 11.6 Å². The van der Waals surface area contributed by atoms with Crippen LogP contribution in [-0.2, 0) is 18.0 Å². The molecule has 1 fully saturated rings. The second-order valence-corrected chi connectivity index (χ2v) is 7.90. The van der Waals surface area contributed by atoms with Crippen molar-refractivity contribution in [2.24, 2.45) is 0 Å². The van der Waals surface area contributed by atoms with Crippen LogP contribution >= 0.6 is 0 Å². The van der Waals surface area contributed by atoms with Crippen LogP contribution in [0.5, 0.6) is 5.75 Å². The Morgan fingerprint density at radius 3 is 2.34 bits per heavy atom. The number of aliphatic hydroxyl groups is 2. The van der Waals surface area contributed by atoms with E-state index in [-0.39, 0.29) is 43.6 Å². The van der Waals surface area contributed by atoms with Crippen molar-refractivity contribution in [2.45, 2.75) is 49.0 Å². The van der Waals surface area contributed by atoms with E-state index in [1.807, 2.05) is 0 Å². The molecule has 156 valence electrons. The summed E-state index contributed by atoms with van der Waals surface area (Å²) in [4.78, 5) is 0. The lowest BCUT2D eigenvalue weighted by atomic mass is 9.55. The van der Waals surface area contributed by atoms with Crippen LogP contribution in [0, 0.1) is 11.6 Å². The van der Waals surface area contributed by atoms with Crippen LogP contribution < -0.4 is 4.74 Å². The van der Waals surface area contributed by atoms with Crippen LogP contribution in [0.15, 0.2) is 36.4 Å². The van der Waals surface area contributed by atoms with Gasteiger partial charge in [0, 0.05) is 17.4 Å². The zero-order chi connectivity index (χ0) is 21.0. The maximum atomic E-state index is 14.9. The summed E-state index contributed by atoms with van der Waals surface area (Å²) in [6.07, 6.45) is -5.11. The predicted molar refractivity (Wildman–Crippen MR) is 93.5 cm³/mol. The zero-order valence-electron chi connectivity index (χ0n) is 15.3. The second-order valence-electron chi connectivity index (χ2n) is 7.90. The highest BCUT2D eigenvalue weighted by atomic mass is 19.4. The molecule has 3 atom stereocenters. The fourth-order valence-corrected chi connectivity index (χ4v) is 4.70. The topological polar surface area (TPSA) is 49.7 Å². The number of hydrogen-bond acceptors (Lipinski definition) is 3. The number of rotatable bonds is 2. The SMILES string of the molecule is O[C@H]1CCC2(Cc3ccc(C(F)(F)F)cc3)c3c(F)ccc(F)c3OC[C@]2(O)C1. The van der Waals surface area contributed by atoms with E-state index in [1.54, 1.807) is 0 Å². The summed E-state index contributed by atoms with van der Waals surface area (Å²) in [7, 11) is 0. The number of hydrogen-bond donors (Lipinski definition) is 2. The van der Waals surface area contributed by atoms with E-state index in [1.165, 1.54) is 12.1 Å². The second kappa shape index (κ2) is 6.67. The van der Waals surface area contributed by atoms with E-state index in [2.05, 4.69) is 0 Å². The molecule has 0 saturated heterocycles. The van der Waals surface area contributed by atoms with Crippen LogP contribution in [0.3, 0.4) is 0 Å². The van der Waals surface area contributed by atoms with Gasteiger partial charge in [-0.05, 0) is 49.1 Å². The lowest BCUT2D eigenvalue weighted by Crippen LogP contribution is -2.63. The molecule has 1 aliphatic carbocycles. The van der Waals surface area contributed by atoms with Gasteiger partial charge in [0.05, 0.1) is 11.7 Å². The Bertz CT molecular complexity index is 927. The summed E-state index contributed by atoms with van der Waals surface area (Å²) in [5, 5.41) is 21.4. The van der Waals surface area contributed by atoms with Gasteiger partial charge in [-0.25, -0.2) is 8.78 Å². The number of ether oxygens (including phenoxy) is 1. The van der Waals surface area contributed by atoms with E-state index in [0.29, 0.717) is 5.56 Å². The number of alkyl halides is 3. The number of halogens is 5. The first kappa shape index (κ1) is 20.1. The Morgan fingerprint density at radius 1 is 1.03 bits per heavy atom. The first-order chi connectivity index (χ1) is 13.6. The highest BCUT2D eigenvalue weighted by Gasteiger charge is 2.60. The van der Waals surface area contributed by atoms with Crippen LogP contribution in [0.25, 0.3) is 0 Å². The molecule has 2 N–H and O–H groups in total. The smallest absolute Gasteiger partial charge is 0.416 e. The minimum Gasteiger partial charge on any atom is -0.487 e. The summed E-state index contributed by atoms with van der Waals surface area (Å²) >= 11 is 0. The van der Waals surface area contributed by atoms with Gasteiger partial charge in [-0.15, -0.1) is 0 Å². The molecule has 2 aromatic rings. The van der Waals surface area contributed by atoms with Crippen LogP contribution in [-0.4, -0.2) is 28.5 Å². The molecular weight excluding hydrogens is 395 g/mol. The van der Waals surface area contributed by atoms with Crippen LogP contribution in [0.1, 0.15) is 36.0 Å². The highest BCUT2D eigenvalue weighted by molar-refractivity contribution is 5.48. The Morgan fingerprint density at radius 2 is 1.69 bits per heavy atom. The summed E-state index contributed by atoms with van der Waals surface area (Å²) in [6, 6.07) is 6.27. The normalized spacial score (nSPS) is 29.0. The quantitative estimate of drug-likeness (QED) is 0.727. The van der Waals surface area contributed by atoms with Gasteiger partial charge in [-0.2, -0.15) is 13.2 Å². The molecule has 1 heterocycles. The van der Waals surface area contributed by atoms with Gasteiger partial charge in [0.25, 0.3) is 0 Å². The van der Waals surface area contributed by atoms with Gasteiger partial charge < -0.3 is 14.9 Å². The lowest BCUT2D eigenvalue weighted by Gasteiger charge is -2.54. The van der Waals surface area contributed by atoms with Crippen molar-refractivity contribution < 1.29 is 36.9 Å². The monoisotopic (exact) mass is 414 g/mol. The molecule has 2 aliphatic rings. The van der Waals surface area contributed by atoms with E-state index < -0.39 is 40.5 Å². The Kier molecular flexibility index (Phi) is 4.62. The van der Waals surface area contributed by atoms with E-state index in [9.17, 15) is 32.2 Å². The van der Waals surface area contributed by atoms with Gasteiger partial charge in [0.2, 0.25) is 0 Å². The van der Waals surface area contributed by atoms with E-state index >= 15 is 0 Å². The molecule has 4 rings (SSSR count). The molecule has 29 heavy (non-hydrogen) atoms. The molecular formula is C21H19F5O3. The van der Waals surface area contributed by atoms with Gasteiger partial charge in [-0.1, -0.05) is 12.1 Å². The Labute approximate surface area is 163 Å². The van der Waals surface area contributed by atoms with Crippen molar-refractivity contribution in [1.29, 1.82) is 0 Å². The Balaban J connectivity index is 1.84. The van der Waals surface area contributed by atoms with Crippen LogP contribution in [0.4, 0.5) is 22.0 Å². The molecule has 3 nitrogen and oxygen atoms in total. The minimum atomic E-state index is -4.49. The molecule has 2 aromatic carbocycles. The van der Waals surface area contributed by atoms with Gasteiger partial charge in [-0.3, -0.25) is 0 Å². The van der Waals surface area contributed by atoms with Crippen molar-refractivity contribution in [3.8, 4) is 5.75 Å². The summed E-state index contributed by atoms with van der Waals surface area (Å²) in [5.74, 6) is -1.83. The number of fused-ring (bicyclic) bond motifs is 3. The fraction of sp³-hybridized carbons (Fsp3) is 0.429. The summed E-state index contributed by atoms with van der Waals surface area (Å²) in [6.45, 7) is -0.349. The van der Waals surface area contributed by atoms with Crippen LogP contribution in [0.2, 0.25) is 0 Å². The number of benzene rings is 2.